The Morgan fingerprint density at radius 1 is 1.39 bits per heavy atom. The summed E-state index contributed by atoms with van der Waals surface area (Å²) in [6, 6.07) is -2.88. The van der Waals surface area contributed by atoms with Crippen LogP contribution in [0, 0.1) is 0 Å². The topological polar surface area (TPSA) is 176 Å². The third-order valence-electron chi connectivity index (χ3n) is 2.23. The van der Waals surface area contributed by atoms with Gasteiger partial charge in [-0.25, -0.2) is 4.79 Å². The van der Waals surface area contributed by atoms with Crippen molar-refractivity contribution in [2.24, 2.45) is 11.5 Å². The fraction of sp³-hybridized carbons (Fsp3) is 0.750. The first-order valence-electron chi connectivity index (χ1n) is 5.08. The van der Waals surface area contributed by atoms with Crippen molar-refractivity contribution >= 4 is 19.2 Å². The first-order valence-corrected chi connectivity index (χ1v) is 7.00. The van der Waals surface area contributed by atoms with E-state index in [9.17, 15) is 19.0 Å². The van der Waals surface area contributed by atoms with Crippen LogP contribution in [0.4, 0.5) is 0 Å². The molecule has 18 heavy (non-hydrogen) atoms. The highest BCUT2D eigenvalue weighted by molar-refractivity contribution is 7.58. The van der Waals surface area contributed by atoms with Crippen LogP contribution in [0.2, 0.25) is 0 Å². The van der Waals surface area contributed by atoms with Gasteiger partial charge in [0.2, 0.25) is 13.3 Å². The average Bonchev–Trinajstić information content (AvgIpc) is 2.26. The molecule has 9 nitrogen and oxygen atoms in total. The van der Waals surface area contributed by atoms with E-state index in [-0.39, 0.29) is 0 Å². The van der Waals surface area contributed by atoms with Gasteiger partial charge in [0, 0.05) is 0 Å². The van der Waals surface area contributed by atoms with Crippen LogP contribution in [0.5, 0.6) is 0 Å². The Morgan fingerprint density at radius 3 is 2.22 bits per heavy atom. The number of rotatable bonds is 7. The smallest absolute Gasteiger partial charge is 0.326 e. The van der Waals surface area contributed by atoms with Crippen LogP contribution < -0.4 is 16.8 Å². The van der Waals surface area contributed by atoms with Gasteiger partial charge in [0.1, 0.15) is 12.1 Å². The second-order valence-electron chi connectivity index (χ2n) is 3.87. The summed E-state index contributed by atoms with van der Waals surface area (Å²) in [5, 5.41) is 19.4. The number of hydrogen-bond acceptors (Lipinski definition) is 6. The highest BCUT2D eigenvalue weighted by Crippen LogP contribution is 2.43. The van der Waals surface area contributed by atoms with Gasteiger partial charge in [-0.1, -0.05) is 0 Å². The number of nitrogens with one attached hydrogen (secondary N) is 1. The number of carboxylic acid groups (broad SMARTS) is 1. The number of carbonyl (C=O) groups is 2. The SMILES string of the molecule is CC(N)P(=O)(O)CC(NC(=O)[C@@H](N)CO)C(=O)O. The zero-order chi connectivity index (χ0) is 14.5. The number of carbonyl (C=O) groups excluding carboxylic acids is 1. The van der Waals surface area contributed by atoms with Crippen molar-refractivity contribution in [2.45, 2.75) is 24.8 Å². The molecule has 0 aromatic heterocycles. The van der Waals surface area contributed by atoms with Gasteiger partial charge in [-0.3, -0.25) is 9.36 Å². The molecule has 1 amide bonds. The van der Waals surface area contributed by atoms with Gasteiger partial charge in [-0.05, 0) is 6.92 Å². The Balaban J connectivity index is 4.75. The Hall–Kier alpha value is -0.990. The van der Waals surface area contributed by atoms with Crippen molar-refractivity contribution in [1.82, 2.24) is 5.32 Å². The number of carboxylic acids is 1. The molecule has 10 heteroatoms. The summed E-state index contributed by atoms with van der Waals surface area (Å²) in [5.74, 6) is -3.51. The van der Waals surface area contributed by atoms with Crippen molar-refractivity contribution < 1.29 is 29.3 Å². The molecule has 0 saturated heterocycles. The molecule has 0 fully saturated rings. The Bertz CT molecular complexity index is 361. The summed E-state index contributed by atoms with van der Waals surface area (Å²) in [5.41, 5.74) is 10.4. The summed E-state index contributed by atoms with van der Waals surface area (Å²) in [7, 11) is -3.89. The molecule has 0 aromatic carbocycles. The summed E-state index contributed by atoms with van der Waals surface area (Å²) >= 11 is 0. The number of amides is 1. The van der Waals surface area contributed by atoms with Crippen molar-refractivity contribution in [3.8, 4) is 0 Å². The van der Waals surface area contributed by atoms with E-state index >= 15 is 0 Å². The number of aliphatic hydroxyl groups excluding tert-OH is 1. The van der Waals surface area contributed by atoms with Crippen LogP contribution in [-0.2, 0) is 14.2 Å². The molecule has 3 unspecified atom stereocenters. The molecule has 0 aliphatic heterocycles. The molecule has 0 radical (unpaired) electrons. The standard InChI is InChI=1S/C8H18N3O6P/c1-4(9)18(16,17)3-6(8(14)15)11-7(13)5(10)2-12/h4-6,12H,2-3,9-10H2,1H3,(H,11,13)(H,14,15)(H,16,17)/t4?,5-,6?/m0/s1. The maximum Gasteiger partial charge on any atom is 0.326 e. The highest BCUT2D eigenvalue weighted by Gasteiger charge is 2.33. The van der Waals surface area contributed by atoms with Crippen LogP contribution >= 0.6 is 7.37 Å². The lowest BCUT2D eigenvalue weighted by Crippen LogP contribution is -2.51. The minimum Gasteiger partial charge on any atom is -0.480 e. The van der Waals surface area contributed by atoms with E-state index in [1.165, 1.54) is 6.92 Å². The molecule has 106 valence electrons. The third kappa shape index (κ3) is 5.11. The van der Waals surface area contributed by atoms with Gasteiger partial charge in [0.15, 0.2) is 0 Å². The van der Waals surface area contributed by atoms with Crippen LogP contribution in [-0.4, -0.2) is 57.6 Å². The van der Waals surface area contributed by atoms with Crippen molar-refractivity contribution in [2.75, 3.05) is 12.8 Å². The molecule has 0 aliphatic carbocycles. The van der Waals surface area contributed by atoms with Crippen LogP contribution in [0.25, 0.3) is 0 Å². The fourth-order valence-corrected chi connectivity index (χ4v) is 2.08. The van der Waals surface area contributed by atoms with Gasteiger partial charge in [-0.2, -0.15) is 0 Å². The summed E-state index contributed by atoms with van der Waals surface area (Å²) < 4.78 is 11.6. The van der Waals surface area contributed by atoms with E-state index in [2.05, 4.69) is 0 Å². The normalized spacial score (nSPS) is 19.4. The number of aliphatic carboxylic acids is 1. The highest BCUT2D eigenvalue weighted by atomic mass is 31.2. The predicted octanol–water partition coefficient (Wildman–Crippen LogP) is -2.55. The van der Waals surface area contributed by atoms with Crippen LogP contribution in [0.1, 0.15) is 6.92 Å². The lowest BCUT2D eigenvalue weighted by molar-refractivity contribution is -0.141. The maximum atomic E-state index is 11.6. The zero-order valence-electron chi connectivity index (χ0n) is 9.81. The number of nitrogens with two attached hydrogens (primary N) is 2. The number of hydrogen-bond donors (Lipinski definition) is 6. The lowest BCUT2D eigenvalue weighted by atomic mass is 10.2. The average molecular weight is 283 g/mol. The Kier molecular flexibility index (Phi) is 6.44. The van der Waals surface area contributed by atoms with Gasteiger partial charge < -0.3 is 31.9 Å². The van der Waals surface area contributed by atoms with E-state index in [0.29, 0.717) is 0 Å². The molecular weight excluding hydrogens is 265 g/mol. The quantitative estimate of drug-likeness (QED) is 0.276. The zero-order valence-corrected chi connectivity index (χ0v) is 10.7. The lowest BCUT2D eigenvalue weighted by Gasteiger charge is -2.21. The molecule has 0 rings (SSSR count). The van der Waals surface area contributed by atoms with Crippen LogP contribution in [0.15, 0.2) is 0 Å². The third-order valence-corrected chi connectivity index (χ3v) is 4.39. The Labute approximate surface area is 104 Å². The van der Waals surface area contributed by atoms with E-state index in [1.54, 1.807) is 0 Å². The molecular formula is C8H18N3O6P. The molecule has 0 spiro atoms. The molecule has 0 saturated carbocycles. The van der Waals surface area contributed by atoms with E-state index < -0.39 is 49.9 Å². The minimum absolute atomic E-state index is 0.664. The number of aliphatic hydroxyl groups is 1. The van der Waals surface area contributed by atoms with Crippen molar-refractivity contribution in [1.29, 1.82) is 0 Å². The van der Waals surface area contributed by atoms with Gasteiger partial charge in [-0.15, -0.1) is 0 Å². The van der Waals surface area contributed by atoms with Crippen molar-refractivity contribution in [3.63, 3.8) is 0 Å². The van der Waals surface area contributed by atoms with Crippen LogP contribution in [0.3, 0.4) is 0 Å². The van der Waals surface area contributed by atoms with E-state index in [0.717, 1.165) is 0 Å². The minimum atomic E-state index is -3.89. The van der Waals surface area contributed by atoms with Gasteiger partial charge in [0.05, 0.1) is 18.6 Å². The summed E-state index contributed by atoms with van der Waals surface area (Å²) in [4.78, 5) is 31.6. The molecule has 4 atom stereocenters. The second-order valence-corrected chi connectivity index (χ2v) is 6.56. The molecule has 0 aliphatic rings. The molecule has 8 N–H and O–H groups in total. The largest absolute Gasteiger partial charge is 0.480 e. The first-order chi connectivity index (χ1) is 8.11. The van der Waals surface area contributed by atoms with Gasteiger partial charge >= 0.3 is 5.97 Å². The van der Waals surface area contributed by atoms with E-state index in [1.807, 2.05) is 5.32 Å². The summed E-state index contributed by atoms with van der Waals surface area (Å²) in [6.45, 7) is 0.600. The monoisotopic (exact) mass is 283 g/mol. The summed E-state index contributed by atoms with van der Waals surface area (Å²) in [6.07, 6.45) is -0.704. The second kappa shape index (κ2) is 6.81. The van der Waals surface area contributed by atoms with Crippen molar-refractivity contribution in [3.05, 3.63) is 0 Å². The molecule has 0 bridgehead atoms. The first kappa shape index (κ1) is 17.0. The fourth-order valence-electron chi connectivity index (χ4n) is 0.975. The maximum absolute atomic E-state index is 11.6. The predicted molar refractivity (Wildman–Crippen MR) is 63.0 cm³/mol. The van der Waals surface area contributed by atoms with Gasteiger partial charge in [0.25, 0.3) is 0 Å². The van der Waals surface area contributed by atoms with E-state index in [4.69, 9.17) is 21.7 Å². The Morgan fingerprint density at radius 2 is 1.89 bits per heavy atom. The molecule has 0 heterocycles. The molecule has 0 aromatic rings.